The van der Waals surface area contributed by atoms with Crippen molar-refractivity contribution >= 4 is 17.4 Å². The number of rotatable bonds is 3. The number of ketones is 1. The van der Waals surface area contributed by atoms with Crippen LogP contribution < -0.4 is 0 Å². The summed E-state index contributed by atoms with van der Waals surface area (Å²) in [5.74, 6) is -0.675. The Morgan fingerprint density at radius 3 is 2.79 bits per heavy atom. The van der Waals surface area contributed by atoms with Crippen LogP contribution in [0.25, 0.3) is 0 Å². The van der Waals surface area contributed by atoms with Crippen LogP contribution in [0.3, 0.4) is 0 Å². The fraction of sp³-hybridized carbons (Fsp3) is 0.200. The Morgan fingerprint density at radius 1 is 1.37 bits per heavy atom. The van der Waals surface area contributed by atoms with E-state index in [0.29, 0.717) is 11.3 Å². The Kier molecular flexibility index (Phi) is 3.96. The second kappa shape index (κ2) is 5.49. The number of benzene rings is 1. The minimum absolute atomic E-state index is 0.000569. The maximum atomic E-state index is 13.3. The normalized spacial score (nSPS) is 10.5. The van der Waals surface area contributed by atoms with Gasteiger partial charge >= 0.3 is 0 Å². The molecule has 0 saturated heterocycles. The van der Waals surface area contributed by atoms with Crippen LogP contribution in [0.4, 0.5) is 4.39 Å². The van der Waals surface area contributed by atoms with Crippen molar-refractivity contribution in [2.75, 3.05) is 0 Å². The van der Waals surface area contributed by atoms with Gasteiger partial charge in [0.15, 0.2) is 5.78 Å². The third kappa shape index (κ3) is 2.99. The third-order valence-electron chi connectivity index (χ3n) is 2.86. The highest BCUT2D eigenvalue weighted by Crippen LogP contribution is 2.21. The van der Waals surface area contributed by atoms with E-state index in [9.17, 15) is 9.18 Å². The predicted octanol–water partition coefficient (Wildman–Crippen LogP) is 3.92. The van der Waals surface area contributed by atoms with Crippen molar-refractivity contribution in [3.05, 3.63) is 63.7 Å². The van der Waals surface area contributed by atoms with Gasteiger partial charge in [0, 0.05) is 12.6 Å². The SMILES string of the molecule is Cc1cnc(C(=O)Cc2cccc(F)c2Cl)c(C)c1. The van der Waals surface area contributed by atoms with Gasteiger partial charge in [-0.3, -0.25) is 9.78 Å². The molecule has 4 heteroatoms. The van der Waals surface area contributed by atoms with E-state index in [4.69, 9.17) is 11.6 Å². The Morgan fingerprint density at radius 2 is 2.11 bits per heavy atom. The van der Waals surface area contributed by atoms with Crippen LogP contribution in [-0.4, -0.2) is 10.8 Å². The molecule has 19 heavy (non-hydrogen) atoms. The van der Waals surface area contributed by atoms with Gasteiger partial charge in [0.25, 0.3) is 0 Å². The molecule has 0 spiro atoms. The number of aryl methyl sites for hydroxylation is 2. The molecular weight excluding hydrogens is 265 g/mol. The molecule has 1 aromatic carbocycles. The van der Waals surface area contributed by atoms with Crippen molar-refractivity contribution in [1.82, 2.24) is 4.98 Å². The minimum Gasteiger partial charge on any atom is -0.292 e. The van der Waals surface area contributed by atoms with E-state index in [1.165, 1.54) is 6.07 Å². The molecule has 0 fully saturated rings. The lowest BCUT2D eigenvalue weighted by Crippen LogP contribution is -2.09. The highest BCUT2D eigenvalue weighted by atomic mass is 35.5. The first kappa shape index (κ1) is 13.7. The van der Waals surface area contributed by atoms with Gasteiger partial charge in [-0.05, 0) is 36.6 Å². The molecular formula is C15H13ClFNO. The maximum Gasteiger partial charge on any atom is 0.185 e. The molecule has 0 bridgehead atoms. The van der Waals surface area contributed by atoms with Crippen molar-refractivity contribution in [2.24, 2.45) is 0 Å². The average molecular weight is 278 g/mol. The number of carbonyl (C=O) groups is 1. The molecule has 1 heterocycles. The topological polar surface area (TPSA) is 30.0 Å². The van der Waals surface area contributed by atoms with Crippen LogP contribution in [0.15, 0.2) is 30.5 Å². The summed E-state index contributed by atoms with van der Waals surface area (Å²) in [6.07, 6.45) is 1.70. The molecule has 1 aromatic heterocycles. The first-order valence-corrected chi connectivity index (χ1v) is 6.26. The van der Waals surface area contributed by atoms with Crippen molar-refractivity contribution in [3.8, 4) is 0 Å². The number of nitrogens with zero attached hydrogens (tertiary/aromatic N) is 1. The first-order valence-electron chi connectivity index (χ1n) is 5.88. The zero-order chi connectivity index (χ0) is 14.0. The lowest BCUT2D eigenvalue weighted by molar-refractivity contribution is 0.0987. The summed E-state index contributed by atoms with van der Waals surface area (Å²) in [6.45, 7) is 3.75. The van der Waals surface area contributed by atoms with Gasteiger partial charge in [-0.2, -0.15) is 0 Å². The highest BCUT2D eigenvalue weighted by Gasteiger charge is 2.14. The molecule has 0 amide bonds. The molecule has 0 aliphatic rings. The van der Waals surface area contributed by atoms with Gasteiger partial charge in [-0.15, -0.1) is 0 Å². The molecule has 0 N–H and O–H groups in total. The number of carbonyl (C=O) groups excluding carboxylic acids is 1. The molecule has 0 aliphatic carbocycles. The Bertz CT molecular complexity index is 640. The smallest absolute Gasteiger partial charge is 0.185 e. The number of hydrogen-bond acceptors (Lipinski definition) is 2. The molecule has 98 valence electrons. The van der Waals surface area contributed by atoms with E-state index in [1.54, 1.807) is 18.3 Å². The van der Waals surface area contributed by atoms with Crippen molar-refractivity contribution in [1.29, 1.82) is 0 Å². The summed E-state index contributed by atoms with van der Waals surface area (Å²) in [7, 11) is 0. The fourth-order valence-electron chi connectivity index (χ4n) is 1.95. The van der Waals surface area contributed by atoms with E-state index in [1.807, 2.05) is 19.9 Å². The lowest BCUT2D eigenvalue weighted by Gasteiger charge is -2.07. The molecule has 2 aromatic rings. The number of aromatic nitrogens is 1. The monoisotopic (exact) mass is 277 g/mol. The maximum absolute atomic E-state index is 13.3. The fourth-order valence-corrected chi connectivity index (χ4v) is 2.14. The van der Waals surface area contributed by atoms with Gasteiger partial charge in [-0.25, -0.2) is 4.39 Å². The number of Topliss-reactive ketones (excluding diaryl/α,β-unsaturated/α-hetero) is 1. The summed E-state index contributed by atoms with van der Waals surface area (Å²) < 4.78 is 13.3. The number of hydrogen-bond donors (Lipinski definition) is 0. The Hall–Kier alpha value is -1.74. The average Bonchev–Trinajstić information content (AvgIpc) is 2.34. The summed E-state index contributed by atoms with van der Waals surface area (Å²) in [4.78, 5) is 16.3. The standard InChI is InChI=1S/C15H13ClFNO/c1-9-6-10(2)15(18-8-9)13(19)7-11-4-3-5-12(17)14(11)16/h3-6,8H,7H2,1-2H3. The zero-order valence-electron chi connectivity index (χ0n) is 10.7. The van der Waals surface area contributed by atoms with E-state index < -0.39 is 5.82 Å². The van der Waals surface area contributed by atoms with Crippen LogP contribution >= 0.6 is 11.6 Å². The minimum atomic E-state index is -0.513. The zero-order valence-corrected chi connectivity index (χ0v) is 11.5. The Balaban J connectivity index is 2.28. The van der Waals surface area contributed by atoms with E-state index >= 15 is 0 Å². The quantitative estimate of drug-likeness (QED) is 0.796. The molecule has 0 saturated carbocycles. The van der Waals surface area contributed by atoms with Gasteiger partial charge in [0.2, 0.25) is 0 Å². The van der Waals surface area contributed by atoms with E-state index in [2.05, 4.69) is 4.98 Å². The second-order valence-corrected chi connectivity index (χ2v) is 4.87. The predicted molar refractivity (Wildman–Crippen MR) is 73.2 cm³/mol. The Labute approximate surface area is 116 Å². The molecule has 0 atom stereocenters. The summed E-state index contributed by atoms with van der Waals surface area (Å²) in [6, 6.07) is 6.35. The number of halogens is 2. The van der Waals surface area contributed by atoms with Gasteiger partial charge < -0.3 is 0 Å². The van der Waals surface area contributed by atoms with Gasteiger partial charge in [0.1, 0.15) is 11.5 Å². The summed E-state index contributed by atoms with van der Waals surface area (Å²) in [5, 5.41) is 0.000569. The van der Waals surface area contributed by atoms with E-state index in [0.717, 1.165) is 11.1 Å². The molecule has 0 unspecified atom stereocenters. The van der Waals surface area contributed by atoms with E-state index in [-0.39, 0.29) is 17.2 Å². The van der Waals surface area contributed by atoms with Crippen LogP contribution in [0, 0.1) is 19.7 Å². The lowest BCUT2D eigenvalue weighted by atomic mass is 10.0. The molecule has 0 radical (unpaired) electrons. The largest absolute Gasteiger partial charge is 0.292 e. The third-order valence-corrected chi connectivity index (χ3v) is 3.28. The van der Waals surface area contributed by atoms with Crippen LogP contribution in [-0.2, 0) is 6.42 Å². The number of pyridine rings is 1. The summed E-state index contributed by atoms with van der Waals surface area (Å²) >= 11 is 5.84. The van der Waals surface area contributed by atoms with Crippen LogP contribution in [0.1, 0.15) is 27.2 Å². The molecule has 0 aliphatic heterocycles. The highest BCUT2D eigenvalue weighted by molar-refractivity contribution is 6.31. The molecule has 2 rings (SSSR count). The van der Waals surface area contributed by atoms with Gasteiger partial charge in [0.05, 0.1) is 5.02 Å². The van der Waals surface area contributed by atoms with Crippen LogP contribution in [0.2, 0.25) is 5.02 Å². The summed E-state index contributed by atoms with van der Waals surface area (Å²) in [5.41, 5.74) is 2.70. The first-order chi connectivity index (χ1) is 8.99. The van der Waals surface area contributed by atoms with Crippen LogP contribution in [0.5, 0.6) is 0 Å². The van der Waals surface area contributed by atoms with Gasteiger partial charge in [-0.1, -0.05) is 29.8 Å². The second-order valence-electron chi connectivity index (χ2n) is 4.49. The molecule has 2 nitrogen and oxygen atoms in total. The van der Waals surface area contributed by atoms with Crippen molar-refractivity contribution in [2.45, 2.75) is 20.3 Å². The van der Waals surface area contributed by atoms with Crippen molar-refractivity contribution < 1.29 is 9.18 Å². The van der Waals surface area contributed by atoms with Crippen molar-refractivity contribution in [3.63, 3.8) is 0 Å².